The third-order valence-corrected chi connectivity index (χ3v) is 5.55. The Balaban J connectivity index is 1.47. The Hall–Kier alpha value is -3.07. The number of fused-ring (bicyclic) bond motifs is 1. The topological polar surface area (TPSA) is 80.1 Å². The van der Waals surface area contributed by atoms with Crippen LogP contribution < -0.4 is 14.8 Å². The molecule has 1 N–H and O–H groups in total. The maximum absolute atomic E-state index is 12.4. The Morgan fingerprint density at radius 3 is 2.73 bits per heavy atom. The van der Waals surface area contributed by atoms with Crippen LogP contribution in [0.5, 0.6) is 11.5 Å². The van der Waals surface area contributed by atoms with E-state index >= 15 is 0 Å². The molecule has 0 atom stereocenters. The Kier molecular flexibility index (Phi) is 7.49. The van der Waals surface area contributed by atoms with E-state index in [-0.39, 0.29) is 18.4 Å². The van der Waals surface area contributed by atoms with Crippen LogP contribution in [0.25, 0.3) is 0 Å². The second kappa shape index (κ2) is 10.7. The number of carbonyl (C=O) groups is 1. The Morgan fingerprint density at radius 1 is 1.09 bits per heavy atom. The van der Waals surface area contributed by atoms with Crippen molar-refractivity contribution in [1.82, 2.24) is 20.1 Å². The van der Waals surface area contributed by atoms with E-state index in [0.29, 0.717) is 37.1 Å². The lowest BCUT2D eigenvalue weighted by atomic mass is 10.1. The summed E-state index contributed by atoms with van der Waals surface area (Å²) in [5.41, 5.74) is 2.32. The zero-order valence-electron chi connectivity index (χ0n) is 18.7. The number of halogens is 1. The van der Waals surface area contributed by atoms with Gasteiger partial charge in [0.25, 0.3) is 5.91 Å². The van der Waals surface area contributed by atoms with Crippen LogP contribution in [0.4, 0.5) is 0 Å². The number of benzene rings is 2. The van der Waals surface area contributed by atoms with Gasteiger partial charge in [0.1, 0.15) is 6.26 Å². The Morgan fingerprint density at radius 2 is 1.91 bits per heavy atom. The van der Waals surface area contributed by atoms with Crippen LogP contribution >= 0.6 is 11.6 Å². The van der Waals surface area contributed by atoms with E-state index < -0.39 is 0 Å². The van der Waals surface area contributed by atoms with Gasteiger partial charge in [-0.25, -0.2) is 4.98 Å². The van der Waals surface area contributed by atoms with Gasteiger partial charge >= 0.3 is 0 Å². The van der Waals surface area contributed by atoms with Crippen LogP contribution in [0.1, 0.15) is 27.5 Å². The summed E-state index contributed by atoms with van der Waals surface area (Å²) in [7, 11) is 3.90. The monoisotopic (exact) mass is 470 g/mol. The minimum Gasteiger partial charge on any atom is -0.454 e. The summed E-state index contributed by atoms with van der Waals surface area (Å²) in [6.07, 6.45) is 1.40. The predicted molar refractivity (Wildman–Crippen MR) is 124 cm³/mol. The number of carbonyl (C=O) groups excluding carboxylic acids is 1. The highest BCUT2D eigenvalue weighted by molar-refractivity contribution is 6.31. The maximum atomic E-state index is 12.4. The van der Waals surface area contributed by atoms with E-state index in [1.165, 1.54) is 6.26 Å². The van der Waals surface area contributed by atoms with Gasteiger partial charge < -0.3 is 24.1 Å². The van der Waals surface area contributed by atoms with Gasteiger partial charge in [-0.05, 0) is 43.4 Å². The molecule has 1 aliphatic rings. The molecule has 174 valence electrons. The highest BCUT2D eigenvalue weighted by atomic mass is 35.5. The molecule has 9 heteroatoms. The number of hydrogen-bond acceptors (Lipinski definition) is 7. The first-order valence-corrected chi connectivity index (χ1v) is 11.1. The summed E-state index contributed by atoms with van der Waals surface area (Å²) in [5, 5.41) is 3.54. The predicted octanol–water partition coefficient (Wildman–Crippen LogP) is 3.55. The fourth-order valence-electron chi connectivity index (χ4n) is 3.50. The van der Waals surface area contributed by atoms with Crippen molar-refractivity contribution in [1.29, 1.82) is 0 Å². The SMILES string of the molecule is CN(C)CCNC(=O)c1coc(CN(Cc2ccc3c(c2)OCO3)Cc2ccccc2Cl)n1. The van der Waals surface area contributed by atoms with Gasteiger partial charge in [0.15, 0.2) is 17.2 Å². The fourth-order valence-corrected chi connectivity index (χ4v) is 3.69. The summed E-state index contributed by atoms with van der Waals surface area (Å²) in [5.74, 6) is 1.69. The van der Waals surface area contributed by atoms with Gasteiger partial charge in [0, 0.05) is 31.2 Å². The molecule has 0 spiro atoms. The molecular weight excluding hydrogens is 444 g/mol. The Labute approximate surface area is 198 Å². The van der Waals surface area contributed by atoms with Crippen molar-refractivity contribution in [3.63, 3.8) is 0 Å². The molecular formula is C24H27ClN4O4. The molecule has 0 radical (unpaired) electrons. The molecule has 1 aliphatic heterocycles. The summed E-state index contributed by atoms with van der Waals surface area (Å²) in [6, 6.07) is 13.6. The van der Waals surface area contributed by atoms with E-state index in [9.17, 15) is 4.79 Å². The molecule has 33 heavy (non-hydrogen) atoms. The largest absolute Gasteiger partial charge is 0.454 e. The second-order valence-electron chi connectivity index (χ2n) is 8.11. The van der Waals surface area contributed by atoms with Crippen LogP contribution in [-0.2, 0) is 19.6 Å². The highest BCUT2D eigenvalue weighted by Crippen LogP contribution is 2.33. The smallest absolute Gasteiger partial charge is 0.273 e. The number of hydrogen-bond donors (Lipinski definition) is 1. The number of oxazole rings is 1. The van der Waals surface area contributed by atoms with Crippen molar-refractivity contribution in [3.8, 4) is 11.5 Å². The summed E-state index contributed by atoms with van der Waals surface area (Å²) in [4.78, 5) is 20.9. The molecule has 0 saturated carbocycles. The van der Waals surface area contributed by atoms with Gasteiger partial charge in [0.2, 0.25) is 12.7 Å². The molecule has 1 aromatic heterocycles. The van der Waals surface area contributed by atoms with Crippen molar-refractivity contribution < 1.29 is 18.7 Å². The normalized spacial score (nSPS) is 12.5. The zero-order valence-corrected chi connectivity index (χ0v) is 19.5. The number of amides is 1. The van der Waals surface area contributed by atoms with Crippen LogP contribution in [0.2, 0.25) is 5.02 Å². The van der Waals surface area contributed by atoms with Crippen molar-refractivity contribution in [2.45, 2.75) is 19.6 Å². The Bertz CT molecular complexity index is 1100. The molecule has 8 nitrogen and oxygen atoms in total. The van der Waals surface area contributed by atoms with Crippen LogP contribution in [0.15, 0.2) is 53.1 Å². The number of nitrogens with one attached hydrogen (secondary N) is 1. The molecule has 0 unspecified atom stereocenters. The van der Waals surface area contributed by atoms with Crippen LogP contribution in [0, 0.1) is 0 Å². The average molecular weight is 471 g/mol. The summed E-state index contributed by atoms with van der Waals surface area (Å²) < 4.78 is 16.5. The lowest BCUT2D eigenvalue weighted by Gasteiger charge is -2.21. The van der Waals surface area contributed by atoms with Crippen LogP contribution in [0.3, 0.4) is 0 Å². The van der Waals surface area contributed by atoms with Crippen molar-refractivity contribution in [2.75, 3.05) is 34.0 Å². The van der Waals surface area contributed by atoms with E-state index in [4.69, 9.17) is 25.5 Å². The molecule has 0 aliphatic carbocycles. The van der Waals surface area contributed by atoms with Crippen LogP contribution in [-0.4, -0.2) is 54.7 Å². The van der Waals surface area contributed by atoms with E-state index in [2.05, 4.69) is 15.2 Å². The number of nitrogens with zero attached hydrogens (tertiary/aromatic N) is 3. The van der Waals surface area contributed by atoms with Gasteiger partial charge in [-0.15, -0.1) is 0 Å². The highest BCUT2D eigenvalue weighted by Gasteiger charge is 2.18. The molecule has 4 rings (SSSR count). The molecule has 3 aromatic rings. The summed E-state index contributed by atoms with van der Waals surface area (Å²) >= 11 is 6.41. The van der Waals surface area contributed by atoms with Gasteiger partial charge in [-0.1, -0.05) is 35.9 Å². The zero-order chi connectivity index (χ0) is 23.2. The van der Waals surface area contributed by atoms with Gasteiger partial charge in [0.05, 0.1) is 6.54 Å². The van der Waals surface area contributed by atoms with E-state index in [1.54, 1.807) is 0 Å². The number of rotatable bonds is 10. The fraction of sp³-hybridized carbons (Fsp3) is 0.333. The van der Waals surface area contributed by atoms with Crippen molar-refractivity contribution >= 4 is 17.5 Å². The van der Waals surface area contributed by atoms with Crippen molar-refractivity contribution in [2.24, 2.45) is 0 Å². The molecule has 1 amide bonds. The van der Waals surface area contributed by atoms with Gasteiger partial charge in [-0.3, -0.25) is 9.69 Å². The number of likely N-dealkylation sites (N-methyl/N-ethyl adjacent to an activating group) is 1. The van der Waals surface area contributed by atoms with E-state index in [1.807, 2.05) is 61.5 Å². The third kappa shape index (κ3) is 6.25. The number of ether oxygens (including phenoxy) is 2. The second-order valence-corrected chi connectivity index (χ2v) is 8.52. The average Bonchev–Trinajstić information content (AvgIpc) is 3.44. The van der Waals surface area contributed by atoms with Crippen molar-refractivity contribution in [3.05, 3.63) is 76.5 Å². The lowest BCUT2D eigenvalue weighted by molar-refractivity contribution is 0.0946. The minimum absolute atomic E-state index is 0.234. The molecule has 0 bridgehead atoms. The molecule has 0 saturated heterocycles. The first-order valence-electron chi connectivity index (χ1n) is 10.7. The third-order valence-electron chi connectivity index (χ3n) is 5.18. The molecule has 2 aromatic carbocycles. The van der Waals surface area contributed by atoms with E-state index in [0.717, 1.165) is 29.2 Å². The molecule has 2 heterocycles. The summed E-state index contributed by atoms with van der Waals surface area (Å²) in [6.45, 7) is 3.12. The quantitative estimate of drug-likeness (QED) is 0.485. The first-order chi connectivity index (χ1) is 16.0. The molecule has 0 fully saturated rings. The first kappa shape index (κ1) is 23.1. The standard InChI is InChI=1S/C24H27ClN4O4/c1-28(2)10-9-26-24(30)20-15-31-23(27-20)14-29(13-18-5-3-4-6-19(18)25)12-17-7-8-21-22(11-17)33-16-32-21/h3-8,11,15H,9-10,12-14,16H2,1-2H3,(H,26,30). The maximum Gasteiger partial charge on any atom is 0.273 e. The van der Waals surface area contributed by atoms with Gasteiger partial charge in [-0.2, -0.15) is 0 Å². The lowest BCUT2D eigenvalue weighted by Crippen LogP contribution is -2.31. The minimum atomic E-state index is -0.250. The number of aromatic nitrogens is 1.